The van der Waals surface area contributed by atoms with Crippen molar-refractivity contribution in [1.82, 2.24) is 0 Å². The molecule has 0 spiro atoms. The van der Waals surface area contributed by atoms with Gasteiger partial charge in [0.25, 0.3) is 0 Å². The van der Waals surface area contributed by atoms with Crippen LogP contribution in [0.1, 0.15) is 0 Å². The van der Waals surface area contributed by atoms with E-state index < -0.39 is 31.6 Å². The molecule has 0 saturated heterocycles. The normalized spacial score (nSPS) is 11.3. The summed E-state index contributed by atoms with van der Waals surface area (Å²) in [4.78, 5) is 12.2. The van der Waals surface area contributed by atoms with Gasteiger partial charge in [-0.1, -0.05) is 243 Å². The Bertz CT molecular complexity index is 6530. The maximum atomic E-state index is 2.48. The minimum absolute atomic E-state index is 1.09. The summed E-state index contributed by atoms with van der Waals surface area (Å²) in [5, 5.41) is 0. The molecule has 0 aromatic heterocycles. The van der Waals surface area contributed by atoms with Gasteiger partial charge in [0.05, 0.1) is 0 Å². The Kier molecular flexibility index (Phi) is 25.1. The molecule has 0 N–H and O–H groups in total. The zero-order valence-electron chi connectivity index (χ0n) is 74.4. The van der Waals surface area contributed by atoms with Crippen molar-refractivity contribution in [3.8, 4) is 156 Å². The predicted octanol–water partition coefficient (Wildman–Crippen LogP) is 34.7. The molecule has 0 bridgehead atoms. The van der Waals surface area contributed by atoms with Crippen molar-refractivity contribution >= 4 is 73.7 Å². The molecule has 130 heavy (non-hydrogen) atoms. The van der Waals surface area contributed by atoms with Crippen LogP contribution in [-0.4, -0.2) is 31.6 Å². The average Bonchev–Trinajstić information content (AvgIpc) is 0.781. The third-order valence-corrected chi connectivity index (χ3v) is 35.1. The molecule has 0 aliphatic carbocycles. The van der Waals surface area contributed by atoms with E-state index >= 15 is 0 Å². The van der Waals surface area contributed by atoms with Gasteiger partial charge in [-0.05, 0) is 162 Å². The molecule has 20 rings (SSSR count). The number of rotatable bonds is 22. The monoisotopic (exact) mass is 1840 g/mol. The molecule has 4 heteroatoms. The Morgan fingerprint density at radius 2 is 0.277 bits per heavy atom. The van der Waals surface area contributed by atoms with Gasteiger partial charge in [-0.25, -0.2) is 0 Å². The number of nitrogens with zero attached hydrogens (tertiary/aromatic N) is 2. The predicted molar refractivity (Wildman–Crippen MR) is 564 cm³/mol. The van der Waals surface area contributed by atoms with Gasteiger partial charge in [-0.2, -0.15) is 0 Å². The Labute approximate surface area is 774 Å². The summed E-state index contributed by atoms with van der Waals surface area (Å²) in [6, 6.07) is 186. The van der Waals surface area contributed by atoms with Gasteiger partial charge in [0.15, 0.2) is 0 Å². The summed E-state index contributed by atoms with van der Waals surface area (Å²) >= 11 is -4.14. The molecule has 0 aliphatic rings. The molecular formula is C126H102GeN2Sn. The summed E-state index contributed by atoms with van der Waals surface area (Å²) in [5.74, 6) is 7.36. The first kappa shape index (κ1) is 84.8. The van der Waals surface area contributed by atoms with E-state index in [0.29, 0.717) is 0 Å². The van der Waals surface area contributed by atoms with Crippen molar-refractivity contribution in [1.29, 1.82) is 0 Å². The average molecular weight is 1840 g/mol. The van der Waals surface area contributed by atoms with Gasteiger partial charge in [-0.3, -0.25) is 0 Å². The van der Waals surface area contributed by atoms with E-state index in [1.165, 1.54) is 160 Å². The van der Waals surface area contributed by atoms with E-state index in [-0.39, 0.29) is 0 Å². The number of anilines is 6. The molecule has 0 amide bonds. The second-order valence-corrected chi connectivity index (χ2v) is 60.9. The van der Waals surface area contributed by atoms with Crippen LogP contribution in [0.5, 0.6) is 0 Å². The van der Waals surface area contributed by atoms with E-state index in [1.54, 1.807) is 3.58 Å². The Morgan fingerprint density at radius 1 is 0.138 bits per heavy atom. The summed E-state index contributed by atoms with van der Waals surface area (Å²) in [6.45, 7) is 0. The van der Waals surface area contributed by atoms with E-state index in [9.17, 15) is 0 Å². The zero-order valence-corrected chi connectivity index (χ0v) is 79.3. The van der Waals surface area contributed by atoms with Crippen LogP contribution in [0.25, 0.3) is 156 Å². The third-order valence-electron chi connectivity index (χ3n) is 24.9. The molecule has 0 fully saturated rings. The Balaban J connectivity index is 0.000000168. The number of hydrogen-bond donors (Lipinski definition) is 0. The molecule has 0 atom stereocenters. The number of benzene rings is 20. The van der Waals surface area contributed by atoms with E-state index in [1.807, 2.05) is 0 Å². The molecule has 0 saturated carbocycles. The molecule has 0 radical (unpaired) electrons. The molecular weight excluding hydrogens is 1730 g/mol. The number of hydrogen-bond acceptors (Lipinski definition) is 2. The minimum atomic E-state index is -2.19. The molecule has 20 aromatic rings. The van der Waals surface area contributed by atoms with Gasteiger partial charge < -0.3 is 0 Å². The van der Waals surface area contributed by atoms with E-state index in [2.05, 4.69) is 551 Å². The molecule has 2 nitrogen and oxygen atoms in total. The van der Waals surface area contributed by atoms with Crippen LogP contribution in [0, 0.1) is 0 Å². The fraction of sp³-hybridized carbons (Fsp3) is 0.0476. The van der Waals surface area contributed by atoms with Crippen LogP contribution >= 0.6 is 0 Å². The summed E-state index contributed by atoms with van der Waals surface area (Å²) in [6.07, 6.45) is 0. The van der Waals surface area contributed by atoms with Gasteiger partial charge in [0, 0.05) is 22.7 Å². The van der Waals surface area contributed by atoms with E-state index in [4.69, 9.17) is 0 Å². The Morgan fingerprint density at radius 3 is 0.454 bits per heavy atom. The first-order chi connectivity index (χ1) is 63.6. The third kappa shape index (κ3) is 19.7. The van der Waals surface area contributed by atoms with E-state index in [0.717, 1.165) is 34.1 Å². The SMILES string of the molecule is [CH3][Ge]([CH3])([CH3])[c]1ccc(-c2cc(-c3ccccc3)cc(-c3ccc(N(c4ccc(-c5cccc(-c6ccccc6)c5)cc4)c4ccc(-c5cccc(-c6ccccc6)c5)cc4)cc3)c2)cc1.[CH3][Sn]([CH3])([CH3])[c]1ccc(-c2cc(-c3ccccc3)cc(-c3ccc(N(c4ccc(-c5cccc(-c6ccccc6)c5)cc4)c4ccc(-c5cccc(-c6ccccc6)c5)cc4)cc3)c2)cc1. The fourth-order valence-corrected chi connectivity index (χ4v) is 23.4. The summed E-state index contributed by atoms with van der Waals surface area (Å²) in [5.41, 5.74) is 40.3. The van der Waals surface area contributed by atoms with Crippen molar-refractivity contribution < 1.29 is 0 Å². The van der Waals surface area contributed by atoms with Crippen molar-refractivity contribution in [2.24, 2.45) is 0 Å². The quantitative estimate of drug-likeness (QED) is 0.0624. The van der Waals surface area contributed by atoms with Gasteiger partial charge in [0.2, 0.25) is 0 Å². The molecule has 0 heterocycles. The van der Waals surface area contributed by atoms with Crippen molar-refractivity contribution in [3.63, 3.8) is 0 Å². The fourth-order valence-electron chi connectivity index (χ4n) is 17.6. The summed E-state index contributed by atoms with van der Waals surface area (Å²) < 4.78 is 3.06. The zero-order chi connectivity index (χ0) is 88.3. The molecule has 20 aromatic carbocycles. The van der Waals surface area contributed by atoms with Gasteiger partial charge in [0.1, 0.15) is 0 Å². The second kappa shape index (κ2) is 38.5. The second-order valence-electron chi connectivity index (χ2n) is 35.7. The topological polar surface area (TPSA) is 6.48 Å². The Hall–Kier alpha value is -14.7. The van der Waals surface area contributed by atoms with Crippen LogP contribution in [0.2, 0.25) is 32.1 Å². The van der Waals surface area contributed by atoms with Gasteiger partial charge in [-0.15, -0.1) is 0 Å². The molecule has 624 valence electrons. The van der Waals surface area contributed by atoms with Gasteiger partial charge >= 0.3 is 354 Å². The first-order valence-electron chi connectivity index (χ1n) is 45.1. The first-order valence-corrected chi connectivity index (χ1v) is 62.5. The van der Waals surface area contributed by atoms with Crippen LogP contribution in [0.4, 0.5) is 34.1 Å². The van der Waals surface area contributed by atoms with Crippen molar-refractivity contribution in [2.75, 3.05) is 9.80 Å². The maximum absolute atomic E-state index is 2.48. The van der Waals surface area contributed by atoms with Crippen LogP contribution < -0.4 is 17.8 Å². The summed E-state index contributed by atoms with van der Waals surface area (Å²) in [7, 11) is 0. The van der Waals surface area contributed by atoms with Crippen LogP contribution in [0.3, 0.4) is 0 Å². The molecule has 0 unspecified atom stereocenters. The molecule has 0 aliphatic heterocycles. The van der Waals surface area contributed by atoms with Crippen molar-refractivity contribution in [2.45, 2.75) is 32.1 Å². The standard InChI is InChI=1S/C63H51GeN.C60H42N.3CH3.Sn/c1-64(2,3)60-33-25-51(26-34-60)58-43-57(48-19-11-6-12-20-48)44-59(45-58)52-31-39-63(40-32-52)65(61-35-27-49(28-36-61)55-23-13-21-53(41-55)46-15-7-4-8-16-46)62-37-29-50(30-38-62)56-24-14-22-54(42-56)47-17-9-5-10-18-47;1-5-15-44(16-6-1)51-23-13-25-53(39-51)48-27-33-58(34-28-48)61(59-35-29-49(30-36-59)54-26-14-24-52(40-54)45-17-7-2-8-18-45)60-37-31-50(32-38-60)57-42-55(46-19-9-3-10-20-46)41-56(43-57)47-21-11-4-12-22-47;;;;/h4-45H,1-3H3;1-3,5-43H;3*1H3;. The van der Waals surface area contributed by atoms with Crippen molar-refractivity contribution in [3.05, 3.63) is 510 Å². The van der Waals surface area contributed by atoms with Crippen LogP contribution in [0.15, 0.2) is 510 Å². The van der Waals surface area contributed by atoms with Crippen LogP contribution in [-0.2, 0) is 0 Å².